The molecule has 0 atom stereocenters. The number of halogens is 2. The van der Waals surface area contributed by atoms with Crippen molar-refractivity contribution in [3.8, 4) is 0 Å². The number of carbonyl (C=O) groups is 2. The van der Waals surface area contributed by atoms with Crippen LogP contribution in [-0.4, -0.2) is 23.5 Å². The average Bonchev–Trinajstić information content (AvgIpc) is 2.39. The van der Waals surface area contributed by atoms with Crippen molar-refractivity contribution in [1.82, 2.24) is 5.32 Å². The van der Waals surface area contributed by atoms with Crippen molar-refractivity contribution in [3.63, 3.8) is 0 Å². The third-order valence-electron chi connectivity index (χ3n) is 4.19. The van der Waals surface area contributed by atoms with Gasteiger partial charge in [-0.3, -0.25) is 9.59 Å². The number of hydrogen-bond acceptors (Lipinski definition) is 2. The van der Waals surface area contributed by atoms with Gasteiger partial charge in [-0.15, -0.1) is 0 Å². The molecule has 4 nitrogen and oxygen atoms in total. The first kappa shape index (κ1) is 16.4. The number of amides is 1. The van der Waals surface area contributed by atoms with Gasteiger partial charge < -0.3 is 10.4 Å². The van der Waals surface area contributed by atoms with E-state index in [1.807, 2.05) is 0 Å². The van der Waals surface area contributed by atoms with Gasteiger partial charge in [0.2, 0.25) is 5.91 Å². The molecule has 2 rings (SSSR count). The maximum Gasteiger partial charge on any atom is 0.303 e. The first-order valence-corrected chi connectivity index (χ1v) is 7.41. The number of carboxylic acid groups (broad SMARTS) is 1. The summed E-state index contributed by atoms with van der Waals surface area (Å²) in [6.07, 6.45) is 3.00. The molecule has 0 spiro atoms. The lowest BCUT2D eigenvalue weighted by atomic mass is 9.63. The molecule has 0 saturated heterocycles. The van der Waals surface area contributed by atoms with Gasteiger partial charge >= 0.3 is 5.97 Å². The Labute approximate surface area is 127 Å². The number of rotatable bonds is 7. The fraction of sp³-hybridized carbons (Fsp3) is 0.500. The Kier molecular flexibility index (Phi) is 5.11. The number of hydrogen-bond donors (Lipinski definition) is 2. The zero-order valence-electron chi connectivity index (χ0n) is 12.2. The predicted molar refractivity (Wildman–Crippen MR) is 76.4 cm³/mol. The van der Waals surface area contributed by atoms with Crippen molar-refractivity contribution in [2.45, 2.75) is 43.9 Å². The van der Waals surface area contributed by atoms with Gasteiger partial charge in [-0.25, -0.2) is 8.78 Å². The van der Waals surface area contributed by atoms with Crippen LogP contribution >= 0.6 is 0 Å². The van der Waals surface area contributed by atoms with E-state index in [0.29, 0.717) is 32.2 Å². The molecule has 0 aliphatic heterocycles. The summed E-state index contributed by atoms with van der Waals surface area (Å²) in [4.78, 5) is 22.8. The van der Waals surface area contributed by atoms with Crippen molar-refractivity contribution >= 4 is 11.9 Å². The van der Waals surface area contributed by atoms with Gasteiger partial charge in [-0.1, -0.05) is 12.5 Å². The Morgan fingerprint density at radius 3 is 2.50 bits per heavy atom. The first-order valence-electron chi connectivity index (χ1n) is 7.41. The van der Waals surface area contributed by atoms with Crippen molar-refractivity contribution in [2.75, 3.05) is 6.54 Å². The van der Waals surface area contributed by atoms with Crippen LogP contribution in [-0.2, 0) is 15.0 Å². The molecule has 1 amide bonds. The summed E-state index contributed by atoms with van der Waals surface area (Å²) in [6, 6.07) is 3.31. The van der Waals surface area contributed by atoms with Crippen molar-refractivity contribution in [3.05, 3.63) is 35.4 Å². The summed E-state index contributed by atoms with van der Waals surface area (Å²) in [5, 5.41) is 11.3. The van der Waals surface area contributed by atoms with Crippen LogP contribution in [0.15, 0.2) is 18.2 Å². The predicted octanol–water partition coefficient (Wildman–Crippen LogP) is 2.76. The van der Waals surface area contributed by atoms with E-state index in [1.165, 1.54) is 12.1 Å². The van der Waals surface area contributed by atoms with Crippen LogP contribution in [0, 0.1) is 11.6 Å². The minimum absolute atomic E-state index is 0.0631. The van der Waals surface area contributed by atoms with E-state index in [-0.39, 0.29) is 17.9 Å². The van der Waals surface area contributed by atoms with Crippen LogP contribution in [0.1, 0.15) is 44.1 Å². The zero-order chi connectivity index (χ0) is 16.2. The van der Waals surface area contributed by atoms with E-state index >= 15 is 0 Å². The standard InChI is InChI=1S/C16H19F2NO3/c17-11-5-6-12(13(18)10-11)16(7-3-8-16)15(22)19-9-2-1-4-14(20)21/h5-6,10H,1-4,7-9H2,(H,19,22)(H,20,21). The van der Waals surface area contributed by atoms with Crippen molar-refractivity contribution in [2.24, 2.45) is 0 Å². The normalized spacial score (nSPS) is 15.9. The minimum Gasteiger partial charge on any atom is -0.481 e. The van der Waals surface area contributed by atoms with Crippen LogP contribution in [0.4, 0.5) is 8.78 Å². The van der Waals surface area contributed by atoms with Crippen LogP contribution in [0.5, 0.6) is 0 Å². The Morgan fingerprint density at radius 1 is 1.23 bits per heavy atom. The molecule has 1 fully saturated rings. The molecule has 1 aromatic carbocycles. The van der Waals surface area contributed by atoms with Gasteiger partial charge in [0, 0.05) is 24.6 Å². The van der Waals surface area contributed by atoms with Crippen molar-refractivity contribution in [1.29, 1.82) is 0 Å². The second-order valence-corrected chi connectivity index (χ2v) is 5.67. The summed E-state index contributed by atoms with van der Waals surface area (Å²) in [6.45, 7) is 0.358. The molecule has 0 aromatic heterocycles. The maximum absolute atomic E-state index is 14.0. The Morgan fingerprint density at radius 2 is 1.95 bits per heavy atom. The van der Waals surface area contributed by atoms with Gasteiger partial charge in [-0.05, 0) is 31.7 Å². The molecule has 1 aromatic rings. The van der Waals surface area contributed by atoms with Crippen LogP contribution < -0.4 is 5.32 Å². The van der Waals surface area contributed by atoms with E-state index in [2.05, 4.69) is 5.32 Å². The highest BCUT2D eigenvalue weighted by molar-refractivity contribution is 5.89. The molecule has 0 radical (unpaired) electrons. The molecule has 0 bridgehead atoms. The highest BCUT2D eigenvalue weighted by Gasteiger charge is 2.47. The van der Waals surface area contributed by atoms with E-state index in [0.717, 1.165) is 12.5 Å². The lowest BCUT2D eigenvalue weighted by molar-refractivity contribution is -0.137. The number of nitrogens with one attached hydrogen (secondary N) is 1. The fourth-order valence-corrected chi connectivity index (χ4v) is 2.80. The van der Waals surface area contributed by atoms with E-state index in [4.69, 9.17) is 5.11 Å². The highest BCUT2D eigenvalue weighted by atomic mass is 19.1. The number of carbonyl (C=O) groups excluding carboxylic acids is 1. The average molecular weight is 311 g/mol. The summed E-state index contributed by atoms with van der Waals surface area (Å²) in [7, 11) is 0. The molecule has 0 heterocycles. The van der Waals surface area contributed by atoms with Crippen molar-refractivity contribution < 1.29 is 23.5 Å². The molecule has 22 heavy (non-hydrogen) atoms. The molecule has 120 valence electrons. The molecule has 2 N–H and O–H groups in total. The van der Waals surface area contributed by atoms with Gasteiger partial charge in [0.1, 0.15) is 11.6 Å². The summed E-state index contributed by atoms with van der Waals surface area (Å²) < 4.78 is 27.0. The Balaban J connectivity index is 1.98. The van der Waals surface area contributed by atoms with Crippen LogP contribution in [0.25, 0.3) is 0 Å². The van der Waals surface area contributed by atoms with Crippen LogP contribution in [0.3, 0.4) is 0 Å². The zero-order valence-corrected chi connectivity index (χ0v) is 12.2. The van der Waals surface area contributed by atoms with Crippen LogP contribution in [0.2, 0.25) is 0 Å². The maximum atomic E-state index is 14.0. The SMILES string of the molecule is O=C(O)CCCCNC(=O)C1(c2ccc(F)cc2F)CCC1. The number of unbranched alkanes of at least 4 members (excludes halogenated alkanes) is 1. The second kappa shape index (κ2) is 6.85. The smallest absolute Gasteiger partial charge is 0.303 e. The summed E-state index contributed by atoms with van der Waals surface area (Å²) >= 11 is 0. The lowest BCUT2D eigenvalue weighted by Crippen LogP contribution is -2.50. The van der Waals surface area contributed by atoms with Gasteiger partial charge in [-0.2, -0.15) is 0 Å². The quantitative estimate of drug-likeness (QED) is 0.761. The van der Waals surface area contributed by atoms with Gasteiger partial charge in [0.15, 0.2) is 0 Å². The third-order valence-corrected chi connectivity index (χ3v) is 4.19. The molecule has 0 unspecified atom stereocenters. The van der Waals surface area contributed by atoms with Gasteiger partial charge in [0.25, 0.3) is 0 Å². The molecule has 1 aliphatic carbocycles. The van der Waals surface area contributed by atoms with E-state index in [9.17, 15) is 18.4 Å². The van der Waals surface area contributed by atoms with Gasteiger partial charge in [0.05, 0.1) is 5.41 Å². The molecular weight excluding hydrogens is 292 g/mol. The first-order chi connectivity index (χ1) is 10.5. The summed E-state index contributed by atoms with van der Waals surface area (Å²) in [5.74, 6) is -2.49. The largest absolute Gasteiger partial charge is 0.481 e. The Hall–Kier alpha value is -1.98. The highest BCUT2D eigenvalue weighted by Crippen LogP contribution is 2.45. The third kappa shape index (κ3) is 3.43. The number of carboxylic acids is 1. The Bertz CT molecular complexity index is 571. The fourth-order valence-electron chi connectivity index (χ4n) is 2.80. The number of aliphatic carboxylic acids is 1. The summed E-state index contributed by atoms with van der Waals surface area (Å²) in [5.41, 5.74) is -0.673. The topological polar surface area (TPSA) is 66.4 Å². The minimum atomic E-state index is -0.912. The molecule has 6 heteroatoms. The molecule has 1 saturated carbocycles. The van der Waals surface area contributed by atoms with E-state index < -0.39 is 23.0 Å². The number of benzene rings is 1. The van der Waals surface area contributed by atoms with E-state index in [1.54, 1.807) is 0 Å². The monoisotopic (exact) mass is 311 g/mol. The second-order valence-electron chi connectivity index (χ2n) is 5.67. The molecule has 1 aliphatic rings. The lowest BCUT2D eigenvalue weighted by Gasteiger charge is -2.40. The molecular formula is C16H19F2NO3.